The number of carbonyl (C=O) groups excluding carboxylic acids is 1. The SMILES string of the molecule is O=C(Nc1ccc2c(c1)NCCC2)c1cc(Cl)ccc1Cl. The Morgan fingerprint density at radius 1 is 1.14 bits per heavy atom. The molecule has 0 unspecified atom stereocenters. The maximum absolute atomic E-state index is 12.3. The van der Waals surface area contributed by atoms with Crippen molar-refractivity contribution in [2.24, 2.45) is 0 Å². The van der Waals surface area contributed by atoms with Crippen molar-refractivity contribution in [2.75, 3.05) is 17.2 Å². The number of carbonyl (C=O) groups is 1. The highest BCUT2D eigenvalue weighted by Gasteiger charge is 2.13. The van der Waals surface area contributed by atoms with Crippen LogP contribution in [0, 0.1) is 0 Å². The molecule has 0 bridgehead atoms. The minimum absolute atomic E-state index is 0.266. The largest absolute Gasteiger partial charge is 0.385 e. The van der Waals surface area contributed by atoms with Gasteiger partial charge in [-0.15, -0.1) is 0 Å². The van der Waals surface area contributed by atoms with Gasteiger partial charge < -0.3 is 10.6 Å². The Bertz CT molecular complexity index is 701. The Labute approximate surface area is 133 Å². The highest BCUT2D eigenvalue weighted by atomic mass is 35.5. The number of fused-ring (bicyclic) bond motifs is 1. The van der Waals surface area contributed by atoms with Crippen molar-refractivity contribution < 1.29 is 4.79 Å². The summed E-state index contributed by atoms with van der Waals surface area (Å²) in [5, 5.41) is 7.06. The summed E-state index contributed by atoms with van der Waals surface area (Å²) in [5.74, 6) is -0.266. The van der Waals surface area contributed by atoms with Gasteiger partial charge in [-0.1, -0.05) is 29.3 Å². The molecule has 1 aliphatic rings. The summed E-state index contributed by atoms with van der Waals surface area (Å²) in [6, 6.07) is 10.7. The molecule has 0 atom stereocenters. The van der Waals surface area contributed by atoms with Crippen LogP contribution in [0.15, 0.2) is 36.4 Å². The van der Waals surface area contributed by atoms with Crippen LogP contribution in [0.5, 0.6) is 0 Å². The number of hydrogen-bond acceptors (Lipinski definition) is 2. The van der Waals surface area contributed by atoms with E-state index in [-0.39, 0.29) is 5.91 Å². The summed E-state index contributed by atoms with van der Waals surface area (Å²) in [6.45, 7) is 0.963. The molecule has 0 saturated heterocycles. The van der Waals surface area contributed by atoms with Crippen molar-refractivity contribution in [3.63, 3.8) is 0 Å². The topological polar surface area (TPSA) is 41.1 Å². The van der Waals surface area contributed by atoms with Crippen LogP contribution in [-0.2, 0) is 6.42 Å². The monoisotopic (exact) mass is 320 g/mol. The van der Waals surface area contributed by atoms with Gasteiger partial charge in [0.25, 0.3) is 5.91 Å². The van der Waals surface area contributed by atoms with Gasteiger partial charge in [-0.05, 0) is 48.7 Å². The normalized spacial score (nSPS) is 13.2. The first-order valence-electron chi connectivity index (χ1n) is 6.77. The first-order valence-corrected chi connectivity index (χ1v) is 7.52. The lowest BCUT2D eigenvalue weighted by Crippen LogP contribution is -2.15. The highest BCUT2D eigenvalue weighted by Crippen LogP contribution is 2.27. The molecule has 0 aromatic heterocycles. The molecular formula is C16H14Cl2N2O. The number of aryl methyl sites for hydroxylation is 1. The maximum Gasteiger partial charge on any atom is 0.257 e. The molecule has 5 heteroatoms. The van der Waals surface area contributed by atoms with Gasteiger partial charge in [0.2, 0.25) is 0 Å². The van der Waals surface area contributed by atoms with E-state index < -0.39 is 0 Å². The zero-order chi connectivity index (χ0) is 14.8. The van der Waals surface area contributed by atoms with Gasteiger partial charge in [0, 0.05) is 22.9 Å². The Morgan fingerprint density at radius 2 is 2.00 bits per heavy atom. The fourth-order valence-electron chi connectivity index (χ4n) is 2.41. The molecular weight excluding hydrogens is 307 g/mol. The van der Waals surface area contributed by atoms with Crippen molar-refractivity contribution in [3.8, 4) is 0 Å². The first kappa shape index (κ1) is 14.2. The Hall–Kier alpha value is -1.71. The first-order chi connectivity index (χ1) is 10.1. The Morgan fingerprint density at radius 3 is 2.86 bits per heavy atom. The summed E-state index contributed by atoms with van der Waals surface area (Å²) in [4.78, 5) is 12.3. The van der Waals surface area contributed by atoms with Crippen LogP contribution < -0.4 is 10.6 Å². The van der Waals surface area contributed by atoms with E-state index in [1.165, 1.54) is 5.56 Å². The molecule has 1 aliphatic heterocycles. The third-order valence-electron chi connectivity index (χ3n) is 3.48. The fourth-order valence-corrected chi connectivity index (χ4v) is 2.78. The van der Waals surface area contributed by atoms with E-state index in [4.69, 9.17) is 23.2 Å². The number of benzene rings is 2. The van der Waals surface area contributed by atoms with E-state index >= 15 is 0 Å². The van der Waals surface area contributed by atoms with Gasteiger partial charge in [-0.25, -0.2) is 0 Å². The van der Waals surface area contributed by atoms with Crippen LogP contribution in [-0.4, -0.2) is 12.5 Å². The van der Waals surface area contributed by atoms with Crippen molar-refractivity contribution >= 4 is 40.5 Å². The van der Waals surface area contributed by atoms with E-state index in [1.807, 2.05) is 18.2 Å². The molecule has 21 heavy (non-hydrogen) atoms. The van der Waals surface area contributed by atoms with E-state index in [2.05, 4.69) is 10.6 Å². The number of anilines is 2. The molecule has 108 valence electrons. The van der Waals surface area contributed by atoms with E-state index in [9.17, 15) is 4.79 Å². The van der Waals surface area contributed by atoms with Crippen LogP contribution >= 0.6 is 23.2 Å². The number of hydrogen-bond donors (Lipinski definition) is 2. The predicted octanol–water partition coefficient (Wildman–Crippen LogP) is 4.60. The second kappa shape index (κ2) is 5.96. The predicted molar refractivity (Wildman–Crippen MR) is 87.7 cm³/mol. The molecule has 0 radical (unpaired) electrons. The maximum atomic E-state index is 12.3. The second-order valence-electron chi connectivity index (χ2n) is 4.98. The second-order valence-corrected chi connectivity index (χ2v) is 5.82. The molecule has 3 rings (SSSR count). The number of halogens is 2. The third-order valence-corrected chi connectivity index (χ3v) is 4.04. The van der Waals surface area contributed by atoms with E-state index in [0.717, 1.165) is 30.8 Å². The van der Waals surface area contributed by atoms with Crippen molar-refractivity contribution in [2.45, 2.75) is 12.8 Å². The highest BCUT2D eigenvalue weighted by molar-refractivity contribution is 6.36. The van der Waals surface area contributed by atoms with Crippen LogP contribution in [0.25, 0.3) is 0 Å². The number of amides is 1. The summed E-state index contributed by atoms with van der Waals surface area (Å²) >= 11 is 12.0. The third kappa shape index (κ3) is 3.14. The zero-order valence-electron chi connectivity index (χ0n) is 11.2. The average molecular weight is 321 g/mol. The molecule has 2 aromatic rings. The number of nitrogens with one attached hydrogen (secondary N) is 2. The summed E-state index contributed by atoms with van der Waals surface area (Å²) in [6.07, 6.45) is 2.20. The van der Waals surface area contributed by atoms with Crippen LogP contribution in [0.2, 0.25) is 10.0 Å². The van der Waals surface area contributed by atoms with E-state index in [0.29, 0.717) is 15.6 Å². The molecule has 0 spiro atoms. The summed E-state index contributed by atoms with van der Waals surface area (Å²) in [7, 11) is 0. The summed E-state index contributed by atoms with van der Waals surface area (Å²) < 4.78 is 0. The number of rotatable bonds is 2. The molecule has 0 saturated carbocycles. The molecule has 1 heterocycles. The minimum atomic E-state index is -0.266. The van der Waals surface area contributed by atoms with Crippen LogP contribution in [0.4, 0.5) is 11.4 Å². The van der Waals surface area contributed by atoms with Gasteiger partial charge >= 0.3 is 0 Å². The molecule has 0 aliphatic carbocycles. The molecule has 1 amide bonds. The quantitative estimate of drug-likeness (QED) is 0.848. The molecule has 0 fully saturated rings. The van der Waals surface area contributed by atoms with Gasteiger partial charge in [0.05, 0.1) is 10.6 Å². The fraction of sp³-hybridized carbons (Fsp3) is 0.188. The van der Waals surface area contributed by atoms with Gasteiger partial charge in [-0.3, -0.25) is 4.79 Å². The summed E-state index contributed by atoms with van der Waals surface area (Å²) in [5.41, 5.74) is 3.47. The lowest BCUT2D eigenvalue weighted by molar-refractivity contribution is 0.102. The lowest BCUT2D eigenvalue weighted by atomic mass is 10.0. The Kier molecular flexibility index (Phi) is 4.04. The van der Waals surface area contributed by atoms with Crippen LogP contribution in [0.3, 0.4) is 0 Å². The molecule has 2 aromatic carbocycles. The van der Waals surface area contributed by atoms with Crippen molar-refractivity contribution in [1.82, 2.24) is 0 Å². The smallest absolute Gasteiger partial charge is 0.257 e. The Balaban J connectivity index is 1.83. The van der Waals surface area contributed by atoms with Crippen LogP contribution in [0.1, 0.15) is 22.3 Å². The van der Waals surface area contributed by atoms with Gasteiger partial charge in [0.1, 0.15) is 0 Å². The molecule has 2 N–H and O–H groups in total. The van der Waals surface area contributed by atoms with Gasteiger partial charge in [-0.2, -0.15) is 0 Å². The van der Waals surface area contributed by atoms with E-state index in [1.54, 1.807) is 18.2 Å². The van der Waals surface area contributed by atoms with Crippen molar-refractivity contribution in [3.05, 3.63) is 57.6 Å². The zero-order valence-corrected chi connectivity index (χ0v) is 12.8. The van der Waals surface area contributed by atoms with Crippen molar-refractivity contribution in [1.29, 1.82) is 0 Å². The average Bonchev–Trinajstić information content (AvgIpc) is 2.49. The van der Waals surface area contributed by atoms with Gasteiger partial charge in [0.15, 0.2) is 0 Å². The molecule has 3 nitrogen and oxygen atoms in total. The lowest BCUT2D eigenvalue weighted by Gasteiger charge is -2.19. The minimum Gasteiger partial charge on any atom is -0.385 e. The standard InChI is InChI=1S/C16H14Cl2N2O/c17-11-4-6-14(18)13(8-11)16(21)20-12-5-3-10-2-1-7-19-15(10)9-12/h3-6,8-9,19H,1-2,7H2,(H,20,21).